The first-order chi connectivity index (χ1) is 14.5. The molecule has 150 valence electrons. The molecule has 0 aliphatic carbocycles. The van der Waals surface area contributed by atoms with Crippen LogP contribution in [0.15, 0.2) is 82.6 Å². The highest BCUT2D eigenvalue weighted by Crippen LogP contribution is 2.44. The van der Waals surface area contributed by atoms with E-state index in [1.165, 1.54) is 16.7 Å². The molecule has 0 saturated carbocycles. The number of carbonyl (C=O) groups is 2. The summed E-state index contributed by atoms with van der Waals surface area (Å²) in [6.45, 7) is 3.85. The van der Waals surface area contributed by atoms with Crippen LogP contribution in [-0.2, 0) is 9.59 Å². The van der Waals surface area contributed by atoms with Crippen molar-refractivity contribution in [1.29, 1.82) is 0 Å². The quantitative estimate of drug-likeness (QED) is 0.524. The van der Waals surface area contributed by atoms with Crippen molar-refractivity contribution in [1.82, 2.24) is 0 Å². The molecule has 4 nitrogen and oxygen atoms in total. The zero-order chi connectivity index (χ0) is 21.3. The van der Waals surface area contributed by atoms with E-state index in [1.54, 1.807) is 13.2 Å². The summed E-state index contributed by atoms with van der Waals surface area (Å²) in [5.74, 6) is -0.0947. The number of rotatable bonds is 5. The van der Waals surface area contributed by atoms with Crippen LogP contribution in [0.2, 0.25) is 0 Å². The van der Waals surface area contributed by atoms with E-state index in [0.717, 1.165) is 16.0 Å². The minimum absolute atomic E-state index is 0.316. The van der Waals surface area contributed by atoms with E-state index >= 15 is 0 Å². The van der Waals surface area contributed by atoms with Gasteiger partial charge >= 0.3 is 0 Å². The van der Waals surface area contributed by atoms with E-state index in [1.807, 2.05) is 80.6 Å². The summed E-state index contributed by atoms with van der Waals surface area (Å²) in [6, 6.07) is 22.7. The number of hydrogen-bond donors (Lipinski definition) is 0. The van der Waals surface area contributed by atoms with E-state index in [2.05, 4.69) is 0 Å². The van der Waals surface area contributed by atoms with Crippen molar-refractivity contribution in [3.8, 4) is 5.75 Å². The van der Waals surface area contributed by atoms with Gasteiger partial charge in [0.2, 0.25) is 0 Å². The summed E-state index contributed by atoms with van der Waals surface area (Å²) in [5.41, 5.74) is 3.45. The molecule has 0 bridgehead atoms. The Hall–Kier alpha value is -3.31. The van der Waals surface area contributed by atoms with Gasteiger partial charge in [0.05, 0.1) is 23.3 Å². The van der Waals surface area contributed by atoms with Crippen LogP contribution in [0.4, 0.5) is 5.69 Å². The first kappa shape index (κ1) is 20.0. The molecule has 0 unspecified atom stereocenters. The number of imide groups is 1. The Morgan fingerprint density at radius 2 is 1.53 bits per heavy atom. The highest BCUT2D eigenvalue weighted by atomic mass is 32.2. The number of thioether (sulfide) groups is 1. The number of aryl methyl sites for hydroxylation is 2. The Morgan fingerprint density at radius 1 is 0.833 bits per heavy atom. The second-order valence-electron chi connectivity index (χ2n) is 7.06. The summed E-state index contributed by atoms with van der Waals surface area (Å²) >= 11 is 1.31. The molecule has 0 atom stereocenters. The molecular weight excluding hydrogens is 394 g/mol. The van der Waals surface area contributed by atoms with Crippen molar-refractivity contribution in [2.45, 2.75) is 18.7 Å². The van der Waals surface area contributed by atoms with Crippen molar-refractivity contribution in [2.24, 2.45) is 0 Å². The fourth-order valence-corrected chi connectivity index (χ4v) is 4.49. The highest BCUT2D eigenvalue weighted by molar-refractivity contribution is 8.04. The van der Waals surface area contributed by atoms with Gasteiger partial charge in [-0.25, -0.2) is 4.90 Å². The van der Waals surface area contributed by atoms with Crippen molar-refractivity contribution in [2.75, 3.05) is 12.0 Å². The third-order valence-electron chi connectivity index (χ3n) is 4.99. The third kappa shape index (κ3) is 3.53. The van der Waals surface area contributed by atoms with Gasteiger partial charge in [-0.3, -0.25) is 9.59 Å². The number of para-hydroxylation sites is 1. The maximum Gasteiger partial charge on any atom is 0.272 e. The van der Waals surface area contributed by atoms with E-state index < -0.39 is 0 Å². The van der Waals surface area contributed by atoms with Crippen molar-refractivity contribution < 1.29 is 14.3 Å². The molecule has 30 heavy (non-hydrogen) atoms. The van der Waals surface area contributed by atoms with Gasteiger partial charge in [0, 0.05) is 10.5 Å². The summed E-state index contributed by atoms with van der Waals surface area (Å²) in [5, 5.41) is 0. The maximum absolute atomic E-state index is 13.6. The molecule has 5 heteroatoms. The minimum Gasteiger partial charge on any atom is -0.496 e. The van der Waals surface area contributed by atoms with Crippen molar-refractivity contribution in [3.05, 3.63) is 94.4 Å². The van der Waals surface area contributed by atoms with Crippen molar-refractivity contribution in [3.63, 3.8) is 0 Å². The Morgan fingerprint density at radius 3 is 2.27 bits per heavy atom. The van der Waals surface area contributed by atoms with Gasteiger partial charge in [-0.1, -0.05) is 60.3 Å². The predicted octanol–water partition coefficient (Wildman–Crippen LogP) is 5.39. The number of hydrogen-bond acceptors (Lipinski definition) is 4. The first-order valence-electron chi connectivity index (χ1n) is 9.58. The third-order valence-corrected chi connectivity index (χ3v) is 6.08. The van der Waals surface area contributed by atoms with E-state index in [4.69, 9.17) is 4.74 Å². The van der Waals surface area contributed by atoms with Crippen LogP contribution in [0.5, 0.6) is 5.75 Å². The van der Waals surface area contributed by atoms with E-state index in [0.29, 0.717) is 27.5 Å². The average molecular weight is 416 g/mol. The highest BCUT2D eigenvalue weighted by Gasteiger charge is 2.41. The monoisotopic (exact) mass is 415 g/mol. The number of benzene rings is 3. The zero-order valence-electron chi connectivity index (χ0n) is 17.0. The number of carbonyl (C=O) groups excluding carboxylic acids is 2. The molecule has 1 heterocycles. The van der Waals surface area contributed by atoms with Gasteiger partial charge in [0.15, 0.2) is 0 Å². The van der Waals surface area contributed by atoms with Gasteiger partial charge in [0.25, 0.3) is 11.8 Å². The largest absolute Gasteiger partial charge is 0.496 e. The molecule has 0 aromatic heterocycles. The zero-order valence-corrected chi connectivity index (χ0v) is 17.8. The normalized spacial score (nSPS) is 13.9. The molecule has 3 aromatic carbocycles. The Bertz CT molecular complexity index is 1170. The molecule has 2 amide bonds. The number of anilines is 1. The second kappa shape index (κ2) is 8.20. The van der Waals surface area contributed by atoms with E-state index in [9.17, 15) is 9.59 Å². The lowest BCUT2D eigenvalue weighted by molar-refractivity contribution is -0.119. The number of amides is 2. The lowest BCUT2D eigenvalue weighted by Crippen LogP contribution is -2.32. The topological polar surface area (TPSA) is 46.6 Å². The second-order valence-corrected chi connectivity index (χ2v) is 8.14. The summed E-state index contributed by atoms with van der Waals surface area (Å²) in [7, 11) is 1.56. The van der Waals surface area contributed by atoms with Crippen molar-refractivity contribution >= 4 is 34.8 Å². The number of methoxy groups -OCH3 is 1. The minimum atomic E-state index is -0.336. The fraction of sp³-hybridized carbons (Fsp3) is 0.120. The van der Waals surface area contributed by atoms with E-state index in [-0.39, 0.29) is 11.8 Å². The van der Waals surface area contributed by atoms with Gasteiger partial charge in [-0.05, 0) is 49.2 Å². The molecular formula is C25H21NO3S. The molecule has 0 radical (unpaired) electrons. The molecule has 1 aliphatic heterocycles. The van der Waals surface area contributed by atoms with Gasteiger partial charge < -0.3 is 4.74 Å². The van der Waals surface area contributed by atoms with Crippen LogP contribution in [0.3, 0.4) is 0 Å². The average Bonchev–Trinajstić information content (AvgIpc) is 3.00. The Kier molecular flexibility index (Phi) is 5.46. The fourth-order valence-electron chi connectivity index (χ4n) is 3.48. The molecule has 0 saturated heterocycles. The lowest BCUT2D eigenvalue weighted by atomic mass is 10.0. The SMILES string of the molecule is COc1ccccc1C1=C(Sc2ccccc2)C(=O)N(c2cc(C)ccc2C)C1=O. The first-order valence-corrected chi connectivity index (χ1v) is 10.4. The van der Waals surface area contributed by atoms with Gasteiger partial charge in [-0.2, -0.15) is 0 Å². The molecule has 4 rings (SSSR count). The summed E-state index contributed by atoms with van der Waals surface area (Å²) in [4.78, 5) is 29.8. The maximum atomic E-state index is 13.6. The predicted molar refractivity (Wildman–Crippen MR) is 121 cm³/mol. The van der Waals surface area contributed by atoms with Crippen LogP contribution >= 0.6 is 11.8 Å². The summed E-state index contributed by atoms with van der Waals surface area (Å²) < 4.78 is 5.50. The molecule has 0 fully saturated rings. The Labute approximate surface area is 180 Å². The van der Waals surface area contributed by atoms with Crippen LogP contribution < -0.4 is 9.64 Å². The lowest BCUT2D eigenvalue weighted by Gasteiger charge is -2.18. The van der Waals surface area contributed by atoms with Gasteiger partial charge in [-0.15, -0.1) is 0 Å². The Balaban J connectivity index is 1.89. The molecule has 0 spiro atoms. The van der Waals surface area contributed by atoms with Crippen LogP contribution in [-0.4, -0.2) is 18.9 Å². The van der Waals surface area contributed by atoms with Crippen LogP contribution in [0.25, 0.3) is 5.57 Å². The van der Waals surface area contributed by atoms with Crippen LogP contribution in [0, 0.1) is 13.8 Å². The molecule has 0 N–H and O–H groups in total. The standard InChI is InChI=1S/C25H21NO3S/c1-16-13-14-17(2)20(15-16)26-24(27)22(19-11-7-8-12-21(19)29-3)23(25(26)28)30-18-9-5-4-6-10-18/h4-15H,1-3H3. The number of ether oxygens (including phenoxy) is 1. The molecule has 3 aromatic rings. The van der Waals surface area contributed by atoms with Gasteiger partial charge in [0.1, 0.15) is 5.75 Å². The number of nitrogens with zero attached hydrogens (tertiary/aromatic N) is 1. The molecule has 1 aliphatic rings. The summed E-state index contributed by atoms with van der Waals surface area (Å²) in [6.07, 6.45) is 0. The smallest absolute Gasteiger partial charge is 0.272 e. The van der Waals surface area contributed by atoms with Crippen LogP contribution in [0.1, 0.15) is 16.7 Å².